The summed E-state index contributed by atoms with van der Waals surface area (Å²) in [6.07, 6.45) is 7.53. The van der Waals surface area contributed by atoms with Gasteiger partial charge < -0.3 is 30.4 Å². The minimum Gasteiger partial charge on any atom is -0.340 e. The molecule has 0 radical (unpaired) electrons. The molecule has 2 aromatic carbocycles. The third-order valence-electron chi connectivity index (χ3n) is 10.1. The van der Waals surface area contributed by atoms with E-state index in [1.807, 2.05) is 36.3 Å². The first-order chi connectivity index (χ1) is 23.2. The van der Waals surface area contributed by atoms with Crippen molar-refractivity contribution in [3.8, 4) is 33.6 Å². The first kappa shape index (κ1) is 33.6. The van der Waals surface area contributed by atoms with E-state index in [1.165, 1.54) is 0 Å². The first-order valence-corrected chi connectivity index (χ1v) is 17.5. The van der Waals surface area contributed by atoms with Crippen molar-refractivity contribution in [3.05, 3.63) is 72.6 Å². The van der Waals surface area contributed by atoms with Crippen LogP contribution in [-0.4, -0.2) is 80.8 Å². The number of likely N-dealkylation sites (N-methyl/N-ethyl adjacent to an activating group) is 2. The highest BCUT2D eigenvalue weighted by atomic mass is 16.2. The quantitative estimate of drug-likeness (QED) is 0.159. The lowest BCUT2D eigenvalue weighted by Crippen LogP contribution is -2.47. The summed E-state index contributed by atoms with van der Waals surface area (Å²) >= 11 is 0. The molecule has 48 heavy (non-hydrogen) atoms. The lowest BCUT2D eigenvalue weighted by Gasteiger charge is -2.29. The van der Waals surface area contributed by atoms with Crippen molar-refractivity contribution >= 4 is 11.8 Å². The maximum absolute atomic E-state index is 13.3. The van der Waals surface area contributed by atoms with E-state index in [-0.39, 0.29) is 47.8 Å². The summed E-state index contributed by atoms with van der Waals surface area (Å²) in [5.41, 5.74) is 6.25. The number of H-pyrrole nitrogens is 2. The van der Waals surface area contributed by atoms with Crippen LogP contribution in [0.4, 0.5) is 0 Å². The van der Waals surface area contributed by atoms with Gasteiger partial charge in [0.1, 0.15) is 11.6 Å². The first-order valence-electron chi connectivity index (χ1n) is 17.5. The number of nitrogens with one attached hydrogen (secondary N) is 4. The Morgan fingerprint density at radius 2 is 1.00 bits per heavy atom. The highest BCUT2D eigenvalue weighted by Crippen LogP contribution is 2.35. The van der Waals surface area contributed by atoms with Gasteiger partial charge in [-0.2, -0.15) is 0 Å². The van der Waals surface area contributed by atoms with Gasteiger partial charge in [0.05, 0.1) is 47.9 Å². The number of benzene rings is 2. The highest BCUT2D eigenvalue weighted by Gasteiger charge is 2.37. The molecule has 0 spiro atoms. The van der Waals surface area contributed by atoms with Gasteiger partial charge in [-0.3, -0.25) is 9.59 Å². The van der Waals surface area contributed by atoms with Gasteiger partial charge in [0.15, 0.2) is 0 Å². The van der Waals surface area contributed by atoms with E-state index in [0.29, 0.717) is 0 Å². The average Bonchev–Trinajstić information content (AvgIpc) is 3.91. The van der Waals surface area contributed by atoms with E-state index in [9.17, 15) is 9.59 Å². The van der Waals surface area contributed by atoms with Gasteiger partial charge in [-0.25, -0.2) is 9.97 Å². The van der Waals surface area contributed by atoms with E-state index in [1.54, 1.807) is 0 Å². The number of imidazole rings is 2. The molecule has 0 aliphatic carbocycles. The minimum atomic E-state index is -0.195. The summed E-state index contributed by atoms with van der Waals surface area (Å²) in [5, 5.41) is 6.39. The molecule has 0 saturated carbocycles. The van der Waals surface area contributed by atoms with E-state index in [0.717, 1.165) is 84.1 Å². The van der Waals surface area contributed by atoms with Crippen LogP contribution in [0.25, 0.3) is 33.6 Å². The predicted octanol–water partition coefficient (Wildman–Crippen LogP) is 5.95. The number of aromatic nitrogens is 4. The molecule has 2 aliphatic heterocycles. The third-order valence-corrected chi connectivity index (χ3v) is 10.1. The Hall–Kier alpha value is -4.28. The van der Waals surface area contributed by atoms with Crippen LogP contribution < -0.4 is 10.6 Å². The molecule has 254 valence electrons. The Labute approximate surface area is 284 Å². The Morgan fingerprint density at radius 3 is 1.33 bits per heavy atom. The molecule has 2 fully saturated rings. The summed E-state index contributed by atoms with van der Waals surface area (Å²) < 4.78 is 0. The largest absolute Gasteiger partial charge is 0.340 e. The molecule has 1 unspecified atom stereocenters. The molecular formula is C38H50N8O2. The highest BCUT2D eigenvalue weighted by molar-refractivity contribution is 5.83. The van der Waals surface area contributed by atoms with Gasteiger partial charge in [-0.1, -0.05) is 76.2 Å². The van der Waals surface area contributed by atoms with Crippen LogP contribution in [0.1, 0.15) is 77.1 Å². The second-order valence-electron chi connectivity index (χ2n) is 13.9. The summed E-state index contributed by atoms with van der Waals surface area (Å²) in [5.74, 6) is 2.43. The molecule has 4 N–H and O–H groups in total. The van der Waals surface area contributed by atoms with Gasteiger partial charge in [0.25, 0.3) is 0 Å². The molecule has 2 amide bonds. The molecule has 0 bridgehead atoms. The maximum atomic E-state index is 13.3. The van der Waals surface area contributed by atoms with Crippen LogP contribution in [0.15, 0.2) is 60.9 Å². The average molecular weight is 651 g/mol. The molecule has 4 heterocycles. The fourth-order valence-electron chi connectivity index (χ4n) is 7.46. The zero-order valence-corrected chi connectivity index (χ0v) is 29.1. The topological polar surface area (TPSA) is 122 Å². The number of carbonyl (C=O) groups excluding carboxylic acids is 2. The van der Waals surface area contributed by atoms with Crippen molar-refractivity contribution < 1.29 is 9.59 Å². The molecular weight excluding hydrogens is 600 g/mol. The minimum absolute atomic E-state index is 0.0280. The molecule has 10 heteroatoms. The van der Waals surface area contributed by atoms with Crippen LogP contribution >= 0.6 is 0 Å². The number of hydrogen-bond donors (Lipinski definition) is 4. The summed E-state index contributed by atoms with van der Waals surface area (Å²) in [7, 11) is 3.71. The molecule has 2 saturated heterocycles. The van der Waals surface area contributed by atoms with Crippen molar-refractivity contribution in [2.24, 2.45) is 11.8 Å². The number of aromatic amines is 2. The standard InChI is InChI=1S/C38H50N8O2/c1-23(2)33(39-5)37(47)45-19-7-9-31(45)35-41-21-29(43-35)27-15-11-25(12-16-27)26-13-17-28(18-14-26)30-22-42-36(44-30)32-10-8-20-46(32)38(48)34(40-6)24(3)4/h11-18,21-24,31-34,39-40H,7-10,19-20H2,1-6H3,(H,41,43)(H,42,44)/t31-,32?,33-,34-/m0/s1. The number of carbonyl (C=O) groups is 2. The molecule has 10 nitrogen and oxygen atoms in total. The van der Waals surface area contributed by atoms with Crippen LogP contribution in [0.3, 0.4) is 0 Å². The fraction of sp³-hybridized carbons (Fsp3) is 0.474. The van der Waals surface area contributed by atoms with E-state index >= 15 is 0 Å². The van der Waals surface area contributed by atoms with Gasteiger partial charge in [-0.05, 0) is 73.9 Å². The second-order valence-corrected chi connectivity index (χ2v) is 13.9. The predicted molar refractivity (Wildman–Crippen MR) is 190 cm³/mol. The molecule has 4 atom stereocenters. The summed E-state index contributed by atoms with van der Waals surface area (Å²) in [6, 6.07) is 16.5. The Kier molecular flexibility index (Phi) is 10.1. The number of hydrogen-bond acceptors (Lipinski definition) is 6. The maximum Gasteiger partial charge on any atom is 0.240 e. The Balaban J connectivity index is 1.12. The SMILES string of the molecule is CN[C@H](C(=O)N1CCCC1c1ncc(-c2ccc(-c3ccc(-c4cnc([C@@H]5CCCN5C(=O)[C@@H](NC)C(C)C)[nH]4)cc3)cc2)[nH]1)C(C)C. The van der Waals surface area contributed by atoms with Gasteiger partial charge >= 0.3 is 0 Å². The molecule has 6 rings (SSSR count). The van der Waals surface area contributed by atoms with Crippen molar-refractivity contribution in [2.45, 2.75) is 77.5 Å². The van der Waals surface area contributed by atoms with Crippen LogP contribution in [0, 0.1) is 11.8 Å². The van der Waals surface area contributed by atoms with Crippen molar-refractivity contribution in [3.63, 3.8) is 0 Å². The fourth-order valence-corrected chi connectivity index (χ4v) is 7.46. The lowest BCUT2D eigenvalue weighted by molar-refractivity contribution is -0.136. The molecule has 2 aliphatic rings. The van der Waals surface area contributed by atoms with Gasteiger partial charge in [0.2, 0.25) is 11.8 Å². The number of amides is 2. The number of nitrogens with zero attached hydrogens (tertiary/aromatic N) is 4. The van der Waals surface area contributed by atoms with E-state index in [2.05, 4.69) is 96.8 Å². The number of rotatable bonds is 11. The van der Waals surface area contributed by atoms with Gasteiger partial charge in [0, 0.05) is 13.1 Å². The normalized spacial score (nSPS) is 19.4. The van der Waals surface area contributed by atoms with Crippen LogP contribution in [-0.2, 0) is 9.59 Å². The third kappa shape index (κ3) is 6.69. The van der Waals surface area contributed by atoms with E-state index < -0.39 is 0 Å². The van der Waals surface area contributed by atoms with E-state index in [4.69, 9.17) is 9.97 Å². The van der Waals surface area contributed by atoms with Gasteiger partial charge in [-0.15, -0.1) is 0 Å². The zero-order chi connectivity index (χ0) is 33.9. The van der Waals surface area contributed by atoms with Crippen molar-refractivity contribution in [1.29, 1.82) is 0 Å². The lowest BCUT2D eigenvalue weighted by atomic mass is 10.0. The monoisotopic (exact) mass is 650 g/mol. The smallest absolute Gasteiger partial charge is 0.240 e. The van der Waals surface area contributed by atoms with Crippen LogP contribution in [0.5, 0.6) is 0 Å². The van der Waals surface area contributed by atoms with Crippen molar-refractivity contribution in [2.75, 3.05) is 27.2 Å². The second kappa shape index (κ2) is 14.5. The van der Waals surface area contributed by atoms with Crippen molar-refractivity contribution in [1.82, 2.24) is 40.4 Å². The summed E-state index contributed by atoms with van der Waals surface area (Å²) in [6.45, 7) is 9.82. The summed E-state index contributed by atoms with van der Waals surface area (Å²) in [4.78, 5) is 47.0. The van der Waals surface area contributed by atoms with Crippen LogP contribution in [0.2, 0.25) is 0 Å². The number of likely N-dealkylation sites (tertiary alicyclic amines) is 2. The Bertz CT molecular complexity index is 1560. The molecule has 4 aromatic rings. The molecule has 2 aromatic heterocycles. The zero-order valence-electron chi connectivity index (χ0n) is 29.1. The Morgan fingerprint density at radius 1 is 0.646 bits per heavy atom.